The number of ether oxygens (including phenoxy) is 2. The van der Waals surface area contributed by atoms with Gasteiger partial charge in [-0.3, -0.25) is 0 Å². The number of hydrogen-bond donors (Lipinski definition) is 1. The first-order chi connectivity index (χ1) is 12.5. The van der Waals surface area contributed by atoms with Crippen molar-refractivity contribution in [3.8, 4) is 0 Å². The van der Waals surface area contributed by atoms with Gasteiger partial charge in [-0.1, -0.05) is 0 Å². The summed E-state index contributed by atoms with van der Waals surface area (Å²) in [4.78, 5) is 28.4. The fourth-order valence-electron chi connectivity index (χ4n) is 2.62. The number of nitrogens with one attached hydrogen (secondary N) is 1. The zero-order valence-corrected chi connectivity index (χ0v) is 17.0. The molecule has 7 nitrogen and oxygen atoms in total. The summed E-state index contributed by atoms with van der Waals surface area (Å²) in [5.74, 6) is -0.348. The van der Waals surface area contributed by atoms with E-state index >= 15 is 0 Å². The molecule has 2 rings (SSSR count). The van der Waals surface area contributed by atoms with Crippen LogP contribution in [-0.4, -0.2) is 39.4 Å². The van der Waals surface area contributed by atoms with Crippen LogP contribution in [0.2, 0.25) is 0 Å². The quantitative estimate of drug-likeness (QED) is 0.774. The van der Waals surface area contributed by atoms with Crippen LogP contribution in [0, 0.1) is 0 Å². The molecule has 0 fully saturated rings. The Hall–Kier alpha value is -2.57. The molecule has 2 aromatic rings. The molecule has 0 unspecified atom stereocenters. The number of esters is 1. The lowest BCUT2D eigenvalue weighted by Crippen LogP contribution is -2.46. The number of alkyl carbamates (subject to hydrolysis) is 1. The minimum Gasteiger partial charge on any atom is -0.462 e. The number of imidazole rings is 1. The molecule has 1 aromatic carbocycles. The highest BCUT2D eigenvalue weighted by atomic mass is 16.6. The van der Waals surface area contributed by atoms with Crippen molar-refractivity contribution < 1.29 is 19.1 Å². The summed E-state index contributed by atoms with van der Waals surface area (Å²) >= 11 is 0. The summed E-state index contributed by atoms with van der Waals surface area (Å²) in [6.45, 7) is 12.1. The van der Waals surface area contributed by atoms with Crippen LogP contribution >= 0.6 is 0 Å². The average Bonchev–Trinajstić information content (AvgIpc) is 2.93. The molecule has 27 heavy (non-hydrogen) atoms. The average molecular weight is 375 g/mol. The number of aromatic nitrogens is 2. The zero-order valence-electron chi connectivity index (χ0n) is 17.0. The van der Waals surface area contributed by atoms with Crippen molar-refractivity contribution in [3.05, 3.63) is 30.1 Å². The smallest absolute Gasteiger partial charge is 0.408 e. The Morgan fingerprint density at radius 2 is 1.89 bits per heavy atom. The van der Waals surface area contributed by atoms with Crippen molar-refractivity contribution in [2.45, 2.75) is 65.6 Å². The largest absolute Gasteiger partial charge is 0.462 e. The van der Waals surface area contributed by atoms with Crippen LogP contribution in [0.4, 0.5) is 4.79 Å². The van der Waals surface area contributed by atoms with Crippen LogP contribution in [0.1, 0.15) is 58.3 Å². The number of nitrogens with zero attached hydrogens (tertiary/aromatic N) is 2. The highest BCUT2D eigenvalue weighted by Crippen LogP contribution is 2.19. The Morgan fingerprint density at radius 1 is 1.19 bits per heavy atom. The molecule has 0 aliphatic carbocycles. The van der Waals surface area contributed by atoms with Crippen LogP contribution in [0.3, 0.4) is 0 Å². The maximum atomic E-state index is 12.0. The van der Waals surface area contributed by atoms with E-state index in [2.05, 4.69) is 10.3 Å². The van der Waals surface area contributed by atoms with E-state index in [9.17, 15) is 9.59 Å². The lowest BCUT2D eigenvalue weighted by atomic mass is 10.0. The number of carbonyl (C=O) groups is 2. The molecule has 148 valence electrons. The summed E-state index contributed by atoms with van der Waals surface area (Å²) in [7, 11) is 0. The van der Waals surface area contributed by atoms with Crippen molar-refractivity contribution in [3.63, 3.8) is 0 Å². The molecule has 0 saturated heterocycles. The van der Waals surface area contributed by atoms with E-state index in [1.54, 1.807) is 25.4 Å². The monoisotopic (exact) mass is 375 g/mol. The number of rotatable bonds is 6. The van der Waals surface area contributed by atoms with E-state index in [4.69, 9.17) is 9.47 Å². The number of fused-ring (bicyclic) bond motifs is 1. The maximum Gasteiger partial charge on any atom is 0.408 e. The standard InChI is InChI=1S/C20H29N3O4/c1-7-26-17(24)14-8-9-15-16(12-14)23(13-21-15)11-10-20(5,6)22-18(25)27-19(2,3)4/h8-9,12-13H,7,10-11H2,1-6H3,(H,22,25). The van der Waals surface area contributed by atoms with Crippen molar-refractivity contribution in [1.82, 2.24) is 14.9 Å². The molecule has 0 bridgehead atoms. The predicted octanol–water partition coefficient (Wildman–Crippen LogP) is 3.91. The second-order valence-electron chi connectivity index (χ2n) is 8.12. The predicted molar refractivity (Wildman–Crippen MR) is 104 cm³/mol. The minimum atomic E-state index is -0.537. The second kappa shape index (κ2) is 7.98. The van der Waals surface area contributed by atoms with Gasteiger partial charge in [-0.2, -0.15) is 0 Å². The fraction of sp³-hybridized carbons (Fsp3) is 0.550. The molecule has 1 heterocycles. The lowest BCUT2D eigenvalue weighted by molar-refractivity contribution is 0.0464. The van der Waals surface area contributed by atoms with Crippen LogP contribution in [0.15, 0.2) is 24.5 Å². The zero-order chi connectivity index (χ0) is 20.2. The number of hydrogen-bond acceptors (Lipinski definition) is 5. The minimum absolute atomic E-state index is 0.334. The van der Waals surface area contributed by atoms with Gasteiger partial charge < -0.3 is 19.4 Å². The molecule has 0 aliphatic heterocycles. The Labute approximate surface area is 160 Å². The molecule has 0 spiro atoms. The summed E-state index contributed by atoms with van der Waals surface area (Å²) in [5, 5.41) is 2.90. The number of benzene rings is 1. The van der Waals surface area contributed by atoms with Crippen LogP contribution in [0.25, 0.3) is 11.0 Å². The van der Waals surface area contributed by atoms with E-state index in [0.717, 1.165) is 11.0 Å². The lowest BCUT2D eigenvalue weighted by Gasteiger charge is -2.28. The van der Waals surface area contributed by atoms with Crippen molar-refractivity contribution in [2.24, 2.45) is 0 Å². The van der Waals surface area contributed by atoms with Gasteiger partial charge in [0.25, 0.3) is 0 Å². The summed E-state index contributed by atoms with van der Waals surface area (Å²) in [6, 6.07) is 5.31. The van der Waals surface area contributed by atoms with Gasteiger partial charge in [0.05, 0.1) is 29.5 Å². The second-order valence-corrected chi connectivity index (χ2v) is 8.12. The first kappa shape index (κ1) is 20.7. The molecule has 1 N–H and O–H groups in total. The van der Waals surface area contributed by atoms with Gasteiger partial charge in [-0.15, -0.1) is 0 Å². The number of amides is 1. The Bertz CT molecular complexity index is 818. The third kappa shape index (κ3) is 5.98. The van der Waals surface area contributed by atoms with Crippen molar-refractivity contribution >= 4 is 23.1 Å². The topological polar surface area (TPSA) is 82.5 Å². The Kier molecular flexibility index (Phi) is 6.13. The van der Waals surface area contributed by atoms with Crippen molar-refractivity contribution in [2.75, 3.05) is 6.61 Å². The maximum absolute atomic E-state index is 12.0. The van der Waals surface area contributed by atoms with Crippen LogP contribution in [0.5, 0.6) is 0 Å². The number of aryl methyl sites for hydroxylation is 1. The third-order valence-corrected chi connectivity index (χ3v) is 3.95. The van der Waals surface area contributed by atoms with E-state index in [0.29, 0.717) is 25.1 Å². The highest BCUT2D eigenvalue weighted by molar-refractivity contribution is 5.93. The third-order valence-electron chi connectivity index (χ3n) is 3.95. The van der Waals surface area contributed by atoms with E-state index in [1.807, 2.05) is 45.3 Å². The van der Waals surface area contributed by atoms with Gasteiger partial charge >= 0.3 is 12.1 Å². The summed E-state index contributed by atoms with van der Waals surface area (Å²) in [6.07, 6.45) is 1.97. The first-order valence-corrected chi connectivity index (χ1v) is 9.14. The molecule has 0 aliphatic rings. The SMILES string of the molecule is CCOC(=O)c1ccc2ncn(CCC(C)(C)NC(=O)OC(C)(C)C)c2c1. The molecule has 1 aromatic heterocycles. The molecule has 7 heteroatoms. The van der Waals surface area contributed by atoms with Crippen LogP contribution < -0.4 is 5.32 Å². The number of carbonyl (C=O) groups excluding carboxylic acids is 2. The molecule has 0 radical (unpaired) electrons. The summed E-state index contributed by atoms with van der Waals surface area (Å²) in [5.41, 5.74) is 1.16. The van der Waals surface area contributed by atoms with Crippen LogP contribution in [-0.2, 0) is 16.0 Å². The molecular formula is C20H29N3O4. The highest BCUT2D eigenvalue weighted by Gasteiger charge is 2.24. The summed E-state index contributed by atoms with van der Waals surface area (Å²) < 4.78 is 12.4. The van der Waals surface area contributed by atoms with Gasteiger partial charge in [0.2, 0.25) is 0 Å². The van der Waals surface area contributed by atoms with Gasteiger partial charge in [-0.05, 0) is 66.2 Å². The van der Waals surface area contributed by atoms with E-state index in [1.165, 1.54) is 0 Å². The molecule has 0 atom stereocenters. The fourth-order valence-corrected chi connectivity index (χ4v) is 2.62. The van der Waals surface area contributed by atoms with Crippen molar-refractivity contribution in [1.29, 1.82) is 0 Å². The van der Waals surface area contributed by atoms with E-state index < -0.39 is 17.2 Å². The first-order valence-electron chi connectivity index (χ1n) is 9.14. The Morgan fingerprint density at radius 3 is 2.52 bits per heavy atom. The normalized spacial score (nSPS) is 12.1. The Balaban J connectivity index is 2.08. The molecular weight excluding hydrogens is 346 g/mol. The van der Waals surface area contributed by atoms with E-state index in [-0.39, 0.29) is 5.97 Å². The molecule has 1 amide bonds. The van der Waals surface area contributed by atoms with Gasteiger partial charge in [0.15, 0.2) is 0 Å². The van der Waals surface area contributed by atoms with Gasteiger partial charge in [-0.25, -0.2) is 14.6 Å². The van der Waals surface area contributed by atoms with Gasteiger partial charge in [0, 0.05) is 12.1 Å². The van der Waals surface area contributed by atoms with Gasteiger partial charge in [0.1, 0.15) is 5.60 Å². The molecule has 0 saturated carbocycles.